The van der Waals surface area contributed by atoms with Gasteiger partial charge in [0, 0.05) is 25.9 Å². The number of nitroso groups, excluding NO2 is 1. The molecular formula is C18H25N3O4S. The first-order chi connectivity index (χ1) is 12.4. The standard InChI is InChI=1S/C18H25N3O4S/c1-2-6-14(22)19-16(17(23)24)18(20-25)9-10-21(15(26)11-18)12-13-7-4-3-5-8-13/h3-5,7-8,15-16,26H,2,6,9-12H2,1H3,(H,19,22)(H,23,24). The predicted molar refractivity (Wildman–Crippen MR) is 102 cm³/mol. The van der Waals surface area contributed by atoms with Crippen molar-refractivity contribution in [3.05, 3.63) is 40.8 Å². The number of carbonyl (C=O) groups is 2. The molecule has 3 atom stereocenters. The summed E-state index contributed by atoms with van der Waals surface area (Å²) in [5.74, 6) is -1.63. The lowest BCUT2D eigenvalue weighted by Gasteiger charge is -2.43. The zero-order valence-electron chi connectivity index (χ0n) is 14.8. The zero-order chi connectivity index (χ0) is 19.2. The Bertz CT molecular complexity index is 643. The van der Waals surface area contributed by atoms with Gasteiger partial charge in [-0.3, -0.25) is 9.69 Å². The number of carboxylic acids is 1. The highest BCUT2D eigenvalue weighted by Gasteiger charge is 2.50. The minimum absolute atomic E-state index is 0.163. The molecule has 7 nitrogen and oxygen atoms in total. The molecule has 1 heterocycles. The van der Waals surface area contributed by atoms with Gasteiger partial charge in [0.05, 0.1) is 5.37 Å². The van der Waals surface area contributed by atoms with Crippen LogP contribution in [-0.4, -0.2) is 45.4 Å². The highest BCUT2D eigenvalue weighted by molar-refractivity contribution is 7.80. The van der Waals surface area contributed by atoms with Gasteiger partial charge in [-0.15, -0.1) is 0 Å². The van der Waals surface area contributed by atoms with Crippen LogP contribution in [0.5, 0.6) is 0 Å². The maximum Gasteiger partial charge on any atom is 0.328 e. The number of amides is 1. The number of nitrogens with one attached hydrogen (secondary N) is 1. The highest BCUT2D eigenvalue weighted by Crippen LogP contribution is 2.36. The molecule has 0 aliphatic carbocycles. The minimum Gasteiger partial charge on any atom is -0.480 e. The summed E-state index contributed by atoms with van der Waals surface area (Å²) in [6, 6.07) is 8.51. The van der Waals surface area contributed by atoms with Gasteiger partial charge in [0.1, 0.15) is 5.54 Å². The Balaban J connectivity index is 2.12. The normalized spacial score (nSPS) is 24.6. The average Bonchev–Trinajstić information content (AvgIpc) is 2.62. The van der Waals surface area contributed by atoms with Crippen LogP contribution in [0, 0.1) is 4.91 Å². The van der Waals surface area contributed by atoms with Crippen molar-refractivity contribution in [2.45, 2.75) is 56.1 Å². The number of carbonyl (C=O) groups excluding carboxylic acids is 1. The lowest BCUT2D eigenvalue weighted by Crippen LogP contribution is -2.61. The van der Waals surface area contributed by atoms with E-state index in [0.717, 1.165) is 5.56 Å². The van der Waals surface area contributed by atoms with Gasteiger partial charge < -0.3 is 10.4 Å². The number of likely N-dealkylation sites (tertiary alicyclic amines) is 1. The van der Waals surface area contributed by atoms with Crippen LogP contribution in [-0.2, 0) is 16.1 Å². The molecule has 1 amide bonds. The van der Waals surface area contributed by atoms with Crippen LogP contribution >= 0.6 is 12.6 Å². The predicted octanol–water partition coefficient (Wildman–Crippen LogP) is 2.41. The Labute approximate surface area is 158 Å². The Hall–Kier alpha value is -1.93. The number of benzene rings is 1. The minimum atomic E-state index is -1.39. The highest BCUT2D eigenvalue weighted by atomic mass is 32.1. The molecule has 2 N–H and O–H groups in total. The molecule has 3 unspecified atom stereocenters. The van der Waals surface area contributed by atoms with Crippen LogP contribution in [0.4, 0.5) is 0 Å². The molecule has 1 aliphatic heterocycles. The Morgan fingerprint density at radius 1 is 1.42 bits per heavy atom. The topological polar surface area (TPSA) is 99.1 Å². The maximum absolute atomic E-state index is 11.9. The summed E-state index contributed by atoms with van der Waals surface area (Å²) in [4.78, 5) is 37.4. The average molecular weight is 379 g/mol. The Morgan fingerprint density at radius 2 is 2.12 bits per heavy atom. The molecule has 26 heavy (non-hydrogen) atoms. The van der Waals surface area contributed by atoms with Gasteiger partial charge >= 0.3 is 5.97 Å². The van der Waals surface area contributed by atoms with Gasteiger partial charge in [0.2, 0.25) is 5.91 Å². The van der Waals surface area contributed by atoms with E-state index in [1.807, 2.05) is 37.3 Å². The largest absolute Gasteiger partial charge is 0.480 e. The van der Waals surface area contributed by atoms with Crippen LogP contribution in [0.3, 0.4) is 0 Å². The fourth-order valence-corrected chi connectivity index (χ4v) is 3.83. The van der Waals surface area contributed by atoms with Crippen molar-refractivity contribution < 1.29 is 14.7 Å². The van der Waals surface area contributed by atoms with Gasteiger partial charge in [0.15, 0.2) is 6.04 Å². The van der Waals surface area contributed by atoms with E-state index >= 15 is 0 Å². The van der Waals surface area contributed by atoms with Crippen molar-refractivity contribution >= 4 is 24.5 Å². The summed E-state index contributed by atoms with van der Waals surface area (Å²) < 4.78 is 0. The molecule has 1 aliphatic rings. The summed E-state index contributed by atoms with van der Waals surface area (Å²) in [7, 11) is 0. The third-order valence-corrected chi connectivity index (χ3v) is 5.28. The van der Waals surface area contributed by atoms with E-state index in [4.69, 9.17) is 0 Å². The lowest BCUT2D eigenvalue weighted by atomic mass is 9.81. The second-order valence-electron chi connectivity index (χ2n) is 6.67. The van der Waals surface area contributed by atoms with Gasteiger partial charge in [-0.25, -0.2) is 4.79 Å². The Kier molecular flexibility index (Phi) is 7.16. The number of thiol groups is 1. The van der Waals surface area contributed by atoms with Gasteiger partial charge in [-0.05, 0) is 18.4 Å². The first-order valence-corrected chi connectivity index (χ1v) is 9.26. The summed E-state index contributed by atoms with van der Waals surface area (Å²) in [6.45, 7) is 2.96. The van der Waals surface area contributed by atoms with Crippen molar-refractivity contribution in [1.29, 1.82) is 0 Å². The van der Waals surface area contributed by atoms with E-state index in [1.165, 1.54) is 0 Å². The zero-order valence-corrected chi connectivity index (χ0v) is 15.7. The van der Waals surface area contributed by atoms with Crippen LogP contribution in [0.15, 0.2) is 35.5 Å². The molecule has 0 bridgehead atoms. The number of piperidine rings is 1. The van der Waals surface area contributed by atoms with Crippen LogP contribution in [0.25, 0.3) is 0 Å². The second-order valence-corrected chi connectivity index (χ2v) is 7.27. The molecular weight excluding hydrogens is 354 g/mol. The summed E-state index contributed by atoms with van der Waals surface area (Å²) in [5.41, 5.74) is -0.279. The van der Waals surface area contributed by atoms with E-state index in [1.54, 1.807) is 0 Å². The number of hydrogen-bond acceptors (Lipinski definition) is 6. The van der Waals surface area contributed by atoms with Crippen LogP contribution in [0.1, 0.15) is 38.2 Å². The van der Waals surface area contributed by atoms with E-state index in [0.29, 0.717) is 19.5 Å². The fourth-order valence-electron chi connectivity index (χ4n) is 3.32. The van der Waals surface area contributed by atoms with Crippen molar-refractivity contribution in [3.8, 4) is 0 Å². The smallest absolute Gasteiger partial charge is 0.328 e. The number of nitrogens with zero attached hydrogens (tertiary/aromatic N) is 2. The van der Waals surface area contributed by atoms with Crippen molar-refractivity contribution in [1.82, 2.24) is 10.2 Å². The van der Waals surface area contributed by atoms with Crippen LogP contribution in [0.2, 0.25) is 0 Å². The molecule has 1 fully saturated rings. The number of carboxylic acid groups (broad SMARTS) is 1. The van der Waals surface area contributed by atoms with Crippen molar-refractivity contribution in [2.24, 2.45) is 5.18 Å². The molecule has 2 rings (SSSR count). The van der Waals surface area contributed by atoms with Crippen molar-refractivity contribution in [2.75, 3.05) is 6.54 Å². The third-order valence-electron chi connectivity index (χ3n) is 4.77. The van der Waals surface area contributed by atoms with Crippen LogP contribution < -0.4 is 5.32 Å². The quantitative estimate of drug-likeness (QED) is 0.476. The summed E-state index contributed by atoms with van der Waals surface area (Å²) in [6.07, 6.45) is 1.22. The SMILES string of the molecule is CCCC(=O)NC(C(=O)O)C1(N=O)CCN(Cc2ccccc2)C(S)C1. The monoisotopic (exact) mass is 379 g/mol. The molecule has 142 valence electrons. The molecule has 0 saturated carbocycles. The fraction of sp³-hybridized carbons (Fsp3) is 0.556. The molecule has 1 saturated heterocycles. The molecule has 0 spiro atoms. The first kappa shape index (κ1) is 20.4. The number of aliphatic carboxylic acids is 1. The van der Waals surface area contributed by atoms with E-state index < -0.39 is 17.6 Å². The Morgan fingerprint density at radius 3 is 2.65 bits per heavy atom. The maximum atomic E-state index is 11.9. The summed E-state index contributed by atoms with van der Waals surface area (Å²) >= 11 is 4.57. The first-order valence-electron chi connectivity index (χ1n) is 8.74. The molecule has 8 heteroatoms. The summed E-state index contributed by atoms with van der Waals surface area (Å²) in [5, 5.41) is 14.9. The molecule has 1 aromatic rings. The van der Waals surface area contributed by atoms with E-state index in [2.05, 4.69) is 28.0 Å². The molecule has 0 radical (unpaired) electrons. The second kappa shape index (κ2) is 9.14. The third kappa shape index (κ3) is 4.82. The molecule has 0 aromatic heterocycles. The van der Waals surface area contributed by atoms with E-state index in [9.17, 15) is 19.6 Å². The number of rotatable bonds is 8. The van der Waals surface area contributed by atoms with Gasteiger partial charge in [-0.1, -0.05) is 42.4 Å². The number of hydrogen-bond donors (Lipinski definition) is 3. The van der Waals surface area contributed by atoms with E-state index in [-0.39, 0.29) is 30.5 Å². The lowest BCUT2D eigenvalue weighted by molar-refractivity contribution is -0.144. The van der Waals surface area contributed by atoms with Gasteiger partial charge in [-0.2, -0.15) is 17.5 Å². The van der Waals surface area contributed by atoms with Crippen molar-refractivity contribution in [3.63, 3.8) is 0 Å². The van der Waals surface area contributed by atoms with Gasteiger partial charge in [0.25, 0.3) is 0 Å². The molecule has 1 aromatic carbocycles.